The largest absolute Gasteiger partial charge is 0.445 e. The van der Waals surface area contributed by atoms with E-state index < -0.39 is 0 Å². The molecule has 2 saturated heterocycles. The molecule has 1 aromatic rings. The minimum atomic E-state index is -0.293. The smallest absolute Gasteiger partial charge is 0.410 e. The van der Waals surface area contributed by atoms with Gasteiger partial charge in [0.1, 0.15) is 6.61 Å². The van der Waals surface area contributed by atoms with Gasteiger partial charge in [-0.05, 0) is 24.8 Å². The second kappa shape index (κ2) is 5.76. The molecule has 2 aliphatic heterocycles. The van der Waals surface area contributed by atoms with Crippen molar-refractivity contribution in [3.8, 4) is 0 Å². The van der Waals surface area contributed by atoms with E-state index in [2.05, 4.69) is 5.32 Å². The molecular formula is C16H20N2O3. The number of nitrogens with one attached hydrogen (secondary N) is 1. The Bertz CT molecular complexity index is 532. The standard InChI is InChI=1S/C16H20N2O3/c19-14-7-9-16(17-14)8-4-10-18(12-16)15(20)21-11-13-5-2-1-3-6-13/h1-3,5-6H,4,7-12H2,(H,17,19)/t16-/m0/s1. The van der Waals surface area contributed by atoms with Gasteiger partial charge in [0, 0.05) is 19.5 Å². The Hall–Kier alpha value is -2.04. The maximum Gasteiger partial charge on any atom is 0.410 e. The van der Waals surface area contributed by atoms with Crippen LogP contribution in [0.5, 0.6) is 0 Å². The van der Waals surface area contributed by atoms with Gasteiger partial charge in [-0.2, -0.15) is 0 Å². The van der Waals surface area contributed by atoms with Gasteiger partial charge in [0.05, 0.1) is 5.54 Å². The van der Waals surface area contributed by atoms with E-state index in [4.69, 9.17) is 4.74 Å². The predicted molar refractivity (Wildman–Crippen MR) is 77.5 cm³/mol. The zero-order valence-electron chi connectivity index (χ0n) is 12.0. The van der Waals surface area contributed by atoms with Crippen LogP contribution in [-0.4, -0.2) is 35.5 Å². The van der Waals surface area contributed by atoms with Crippen molar-refractivity contribution in [1.82, 2.24) is 10.2 Å². The lowest BCUT2D eigenvalue weighted by molar-refractivity contribution is -0.120. The molecule has 21 heavy (non-hydrogen) atoms. The van der Waals surface area contributed by atoms with Gasteiger partial charge < -0.3 is 15.0 Å². The highest BCUT2D eigenvalue weighted by molar-refractivity contribution is 5.79. The van der Waals surface area contributed by atoms with Gasteiger partial charge in [0.2, 0.25) is 5.91 Å². The van der Waals surface area contributed by atoms with Crippen LogP contribution in [0.1, 0.15) is 31.2 Å². The lowest BCUT2D eigenvalue weighted by Crippen LogP contribution is -2.56. The van der Waals surface area contributed by atoms with Crippen molar-refractivity contribution in [2.45, 2.75) is 37.8 Å². The summed E-state index contributed by atoms with van der Waals surface area (Å²) in [6.45, 7) is 1.55. The summed E-state index contributed by atoms with van der Waals surface area (Å²) in [5.41, 5.74) is 0.757. The number of benzene rings is 1. The molecule has 112 valence electrons. The van der Waals surface area contributed by atoms with Crippen LogP contribution in [0.15, 0.2) is 30.3 Å². The van der Waals surface area contributed by atoms with Crippen LogP contribution in [0.4, 0.5) is 4.79 Å². The lowest BCUT2D eigenvalue weighted by Gasteiger charge is -2.39. The Morgan fingerprint density at radius 3 is 2.81 bits per heavy atom. The Balaban J connectivity index is 1.56. The summed E-state index contributed by atoms with van der Waals surface area (Å²) in [4.78, 5) is 25.4. The monoisotopic (exact) mass is 288 g/mol. The molecule has 0 aliphatic carbocycles. The number of amides is 2. The number of hydrogen-bond acceptors (Lipinski definition) is 3. The van der Waals surface area contributed by atoms with Crippen LogP contribution >= 0.6 is 0 Å². The molecule has 3 rings (SSSR count). The average Bonchev–Trinajstić information content (AvgIpc) is 2.86. The first-order valence-corrected chi connectivity index (χ1v) is 7.44. The van der Waals surface area contributed by atoms with Crippen LogP contribution in [0.3, 0.4) is 0 Å². The molecule has 0 saturated carbocycles. The first-order valence-electron chi connectivity index (χ1n) is 7.44. The molecule has 2 aliphatic rings. The zero-order chi connectivity index (χ0) is 14.7. The van der Waals surface area contributed by atoms with Crippen molar-refractivity contribution in [3.05, 3.63) is 35.9 Å². The van der Waals surface area contributed by atoms with Crippen molar-refractivity contribution in [3.63, 3.8) is 0 Å². The van der Waals surface area contributed by atoms with Crippen molar-refractivity contribution < 1.29 is 14.3 Å². The molecule has 0 radical (unpaired) electrons. The van der Waals surface area contributed by atoms with E-state index in [0.717, 1.165) is 24.8 Å². The van der Waals surface area contributed by atoms with Gasteiger partial charge in [0.25, 0.3) is 0 Å². The number of carbonyl (C=O) groups is 2. The highest BCUT2D eigenvalue weighted by Crippen LogP contribution is 2.30. The fraction of sp³-hybridized carbons (Fsp3) is 0.500. The number of hydrogen-bond donors (Lipinski definition) is 1. The van der Waals surface area contributed by atoms with Crippen LogP contribution in [0, 0.1) is 0 Å². The van der Waals surface area contributed by atoms with Gasteiger partial charge >= 0.3 is 6.09 Å². The number of rotatable bonds is 2. The summed E-state index contributed by atoms with van der Waals surface area (Å²) in [7, 11) is 0. The van der Waals surface area contributed by atoms with Crippen LogP contribution in [0.25, 0.3) is 0 Å². The van der Waals surface area contributed by atoms with Crippen molar-refractivity contribution in [2.75, 3.05) is 13.1 Å². The van der Waals surface area contributed by atoms with Gasteiger partial charge in [-0.25, -0.2) is 4.79 Å². The molecule has 2 heterocycles. The maximum absolute atomic E-state index is 12.2. The first kappa shape index (κ1) is 13.9. The summed E-state index contributed by atoms with van der Waals surface area (Å²) in [6, 6.07) is 9.65. The molecule has 0 unspecified atom stereocenters. The van der Waals surface area contributed by atoms with Gasteiger partial charge in [-0.15, -0.1) is 0 Å². The minimum Gasteiger partial charge on any atom is -0.445 e. The Morgan fingerprint density at radius 1 is 1.29 bits per heavy atom. The number of carbonyl (C=O) groups excluding carboxylic acids is 2. The molecule has 1 atom stereocenters. The van der Waals surface area contributed by atoms with Crippen molar-refractivity contribution >= 4 is 12.0 Å². The molecule has 1 spiro atoms. The molecule has 5 nitrogen and oxygen atoms in total. The third-order valence-corrected chi connectivity index (χ3v) is 4.28. The normalized spacial score (nSPS) is 25.0. The fourth-order valence-corrected chi connectivity index (χ4v) is 3.18. The fourth-order valence-electron chi connectivity index (χ4n) is 3.18. The number of ether oxygens (including phenoxy) is 1. The van der Waals surface area contributed by atoms with E-state index in [1.165, 1.54) is 0 Å². The summed E-state index contributed by atoms with van der Waals surface area (Å²) in [5, 5.41) is 3.04. The first-order chi connectivity index (χ1) is 10.2. The summed E-state index contributed by atoms with van der Waals surface area (Å²) >= 11 is 0. The van der Waals surface area contributed by atoms with Gasteiger partial charge in [0.15, 0.2) is 0 Å². The molecule has 2 fully saturated rings. The number of likely N-dealkylation sites (tertiary alicyclic amines) is 1. The number of piperidine rings is 1. The Morgan fingerprint density at radius 2 is 2.10 bits per heavy atom. The van der Waals surface area contributed by atoms with E-state index >= 15 is 0 Å². The molecular weight excluding hydrogens is 268 g/mol. The quantitative estimate of drug-likeness (QED) is 0.906. The van der Waals surface area contributed by atoms with Crippen LogP contribution in [-0.2, 0) is 16.1 Å². The van der Waals surface area contributed by atoms with Gasteiger partial charge in [-0.1, -0.05) is 30.3 Å². The van der Waals surface area contributed by atoms with E-state index in [0.29, 0.717) is 19.5 Å². The second-order valence-corrected chi connectivity index (χ2v) is 5.89. The second-order valence-electron chi connectivity index (χ2n) is 5.89. The molecule has 2 amide bonds. The molecule has 0 bridgehead atoms. The minimum absolute atomic E-state index is 0.0921. The topological polar surface area (TPSA) is 58.6 Å². The predicted octanol–water partition coefficient (Wildman–Crippen LogP) is 2.07. The van der Waals surface area contributed by atoms with Crippen molar-refractivity contribution in [1.29, 1.82) is 0 Å². The van der Waals surface area contributed by atoms with Crippen molar-refractivity contribution in [2.24, 2.45) is 0 Å². The lowest BCUT2D eigenvalue weighted by atomic mass is 9.88. The number of nitrogens with zero attached hydrogens (tertiary/aromatic N) is 1. The summed E-state index contributed by atoms with van der Waals surface area (Å²) < 4.78 is 5.37. The maximum atomic E-state index is 12.2. The van der Waals surface area contributed by atoms with Gasteiger partial charge in [-0.3, -0.25) is 4.79 Å². The van der Waals surface area contributed by atoms with Crippen LogP contribution in [0.2, 0.25) is 0 Å². The summed E-state index contributed by atoms with van der Waals surface area (Å²) in [5.74, 6) is 0.0921. The molecule has 1 N–H and O–H groups in total. The Kier molecular flexibility index (Phi) is 3.82. The third-order valence-electron chi connectivity index (χ3n) is 4.28. The molecule has 5 heteroatoms. The van der Waals surface area contributed by atoms with E-state index in [-0.39, 0.29) is 24.1 Å². The molecule has 0 aromatic heterocycles. The Labute approximate surface area is 124 Å². The average molecular weight is 288 g/mol. The zero-order valence-corrected chi connectivity index (χ0v) is 12.0. The third kappa shape index (κ3) is 3.17. The molecule has 1 aromatic carbocycles. The van der Waals surface area contributed by atoms with E-state index in [1.54, 1.807) is 4.90 Å². The van der Waals surface area contributed by atoms with E-state index in [1.807, 2.05) is 30.3 Å². The summed E-state index contributed by atoms with van der Waals surface area (Å²) in [6.07, 6.45) is 2.93. The SMILES string of the molecule is O=C1CC[C@]2(CCCN(C(=O)OCc3ccccc3)C2)N1. The van der Waals surface area contributed by atoms with E-state index in [9.17, 15) is 9.59 Å². The van der Waals surface area contributed by atoms with Crippen LogP contribution < -0.4 is 5.32 Å². The highest BCUT2D eigenvalue weighted by Gasteiger charge is 2.42. The highest BCUT2D eigenvalue weighted by atomic mass is 16.6.